The molecule has 1 amide bonds. The molecule has 0 N–H and O–H groups in total. The zero-order chi connectivity index (χ0) is 14.1. The highest BCUT2D eigenvalue weighted by Crippen LogP contribution is 2.29. The number of benzene rings is 2. The Balaban J connectivity index is 1.82. The molecule has 0 radical (unpaired) electrons. The average molecular weight is 273 g/mol. The van der Waals surface area contributed by atoms with Crippen LogP contribution in [0, 0.1) is 11.6 Å². The van der Waals surface area contributed by atoms with Gasteiger partial charge in [-0.15, -0.1) is 0 Å². The van der Waals surface area contributed by atoms with Crippen LogP contribution in [-0.4, -0.2) is 12.5 Å². The van der Waals surface area contributed by atoms with E-state index in [1.165, 1.54) is 18.2 Å². The number of fused-ring (bicyclic) bond motifs is 1. The summed E-state index contributed by atoms with van der Waals surface area (Å²) in [6.45, 7) is 0.520. The molecule has 1 aliphatic rings. The summed E-state index contributed by atoms with van der Waals surface area (Å²) in [6.07, 6.45) is 0.652. The van der Waals surface area contributed by atoms with E-state index in [0.29, 0.717) is 18.5 Å². The van der Waals surface area contributed by atoms with Gasteiger partial charge in [0, 0.05) is 12.2 Å². The summed E-state index contributed by atoms with van der Waals surface area (Å²) in [5.74, 6) is -0.841. The van der Waals surface area contributed by atoms with Crippen LogP contribution in [0.4, 0.5) is 14.5 Å². The molecule has 0 unspecified atom stereocenters. The summed E-state index contributed by atoms with van der Waals surface area (Å²) >= 11 is 0. The molecule has 0 fully saturated rings. The van der Waals surface area contributed by atoms with Crippen molar-refractivity contribution in [3.8, 4) is 0 Å². The molecule has 0 aliphatic carbocycles. The number of carbonyl (C=O) groups is 1. The van der Waals surface area contributed by atoms with Crippen molar-refractivity contribution in [1.82, 2.24) is 0 Å². The highest BCUT2D eigenvalue weighted by Gasteiger charge is 2.25. The van der Waals surface area contributed by atoms with Gasteiger partial charge in [-0.1, -0.05) is 18.2 Å². The van der Waals surface area contributed by atoms with Crippen molar-refractivity contribution in [2.75, 3.05) is 11.4 Å². The number of halogens is 2. The molecular formula is C16H13F2NO. The summed E-state index contributed by atoms with van der Waals surface area (Å²) < 4.78 is 26.7. The van der Waals surface area contributed by atoms with E-state index in [0.717, 1.165) is 11.3 Å². The van der Waals surface area contributed by atoms with Gasteiger partial charge < -0.3 is 4.90 Å². The smallest absolute Gasteiger partial charge is 0.231 e. The lowest BCUT2D eigenvalue weighted by atomic mass is 10.1. The molecule has 0 spiro atoms. The maximum atomic E-state index is 13.6. The summed E-state index contributed by atoms with van der Waals surface area (Å²) in [6, 6.07) is 10.6. The molecule has 0 atom stereocenters. The molecule has 0 saturated carbocycles. The third kappa shape index (κ3) is 2.29. The Morgan fingerprint density at radius 3 is 2.75 bits per heavy atom. The van der Waals surface area contributed by atoms with Gasteiger partial charge >= 0.3 is 0 Å². The fourth-order valence-electron chi connectivity index (χ4n) is 2.53. The SMILES string of the molecule is O=C(Cc1ccccc1F)N1CCc2cc(F)ccc21. The van der Waals surface area contributed by atoms with Gasteiger partial charge in [0.25, 0.3) is 0 Å². The number of hydrogen-bond donors (Lipinski definition) is 0. The number of nitrogens with zero attached hydrogens (tertiary/aromatic N) is 1. The Morgan fingerprint density at radius 1 is 1.15 bits per heavy atom. The molecule has 4 heteroatoms. The Labute approximate surface area is 115 Å². The van der Waals surface area contributed by atoms with E-state index in [2.05, 4.69) is 0 Å². The number of carbonyl (C=O) groups excluding carboxylic acids is 1. The Morgan fingerprint density at radius 2 is 1.95 bits per heavy atom. The van der Waals surface area contributed by atoms with E-state index in [1.807, 2.05) is 0 Å². The third-order valence-electron chi connectivity index (χ3n) is 3.54. The zero-order valence-electron chi connectivity index (χ0n) is 10.8. The lowest BCUT2D eigenvalue weighted by Crippen LogP contribution is -2.30. The van der Waals surface area contributed by atoms with Crippen LogP contribution < -0.4 is 4.90 Å². The summed E-state index contributed by atoms with van der Waals surface area (Å²) in [7, 11) is 0. The van der Waals surface area contributed by atoms with Crippen LogP contribution in [0.1, 0.15) is 11.1 Å². The second-order valence-electron chi connectivity index (χ2n) is 4.84. The molecule has 1 heterocycles. The topological polar surface area (TPSA) is 20.3 Å². The lowest BCUT2D eigenvalue weighted by Gasteiger charge is -2.17. The van der Waals surface area contributed by atoms with E-state index >= 15 is 0 Å². The third-order valence-corrected chi connectivity index (χ3v) is 3.54. The number of amides is 1. The van der Waals surface area contributed by atoms with Crippen molar-refractivity contribution in [3.63, 3.8) is 0 Å². The van der Waals surface area contributed by atoms with Gasteiger partial charge in [-0.05, 0) is 41.8 Å². The Kier molecular flexibility index (Phi) is 3.22. The van der Waals surface area contributed by atoms with E-state index in [9.17, 15) is 13.6 Å². The minimum Gasteiger partial charge on any atom is -0.312 e. The predicted octanol–water partition coefficient (Wildman–Crippen LogP) is 3.10. The van der Waals surface area contributed by atoms with E-state index in [4.69, 9.17) is 0 Å². The van der Waals surface area contributed by atoms with Crippen molar-refractivity contribution in [2.24, 2.45) is 0 Å². The van der Waals surface area contributed by atoms with Gasteiger partial charge in [-0.25, -0.2) is 8.78 Å². The van der Waals surface area contributed by atoms with Gasteiger partial charge in [0.1, 0.15) is 11.6 Å². The fourth-order valence-corrected chi connectivity index (χ4v) is 2.53. The van der Waals surface area contributed by atoms with Crippen molar-refractivity contribution in [3.05, 3.63) is 65.2 Å². The van der Waals surface area contributed by atoms with Gasteiger partial charge in [0.15, 0.2) is 0 Å². The van der Waals surface area contributed by atoms with E-state index in [1.54, 1.807) is 29.2 Å². The molecule has 1 aliphatic heterocycles. The molecule has 3 rings (SSSR count). The van der Waals surface area contributed by atoms with Crippen LogP contribution in [0.3, 0.4) is 0 Å². The number of anilines is 1. The molecule has 2 aromatic rings. The van der Waals surface area contributed by atoms with Crippen LogP contribution in [0.2, 0.25) is 0 Å². The van der Waals surface area contributed by atoms with E-state index < -0.39 is 0 Å². The van der Waals surface area contributed by atoms with Crippen molar-refractivity contribution in [2.45, 2.75) is 12.8 Å². The van der Waals surface area contributed by atoms with Gasteiger partial charge in [-0.2, -0.15) is 0 Å². The minimum absolute atomic E-state index is 0.0174. The molecule has 2 aromatic carbocycles. The van der Waals surface area contributed by atoms with Crippen molar-refractivity contribution >= 4 is 11.6 Å². The molecular weight excluding hydrogens is 260 g/mol. The van der Waals surface area contributed by atoms with Gasteiger partial charge in [0.2, 0.25) is 5.91 Å². The highest BCUT2D eigenvalue weighted by atomic mass is 19.1. The maximum absolute atomic E-state index is 13.6. The number of rotatable bonds is 2. The average Bonchev–Trinajstić information content (AvgIpc) is 2.84. The molecule has 0 bridgehead atoms. The van der Waals surface area contributed by atoms with Crippen LogP contribution in [0.5, 0.6) is 0 Å². The van der Waals surface area contributed by atoms with E-state index in [-0.39, 0.29) is 24.0 Å². The summed E-state index contributed by atoms with van der Waals surface area (Å²) in [5, 5.41) is 0. The highest BCUT2D eigenvalue weighted by molar-refractivity contribution is 5.96. The van der Waals surface area contributed by atoms with Crippen molar-refractivity contribution in [1.29, 1.82) is 0 Å². The van der Waals surface area contributed by atoms with Crippen LogP contribution in [0.25, 0.3) is 0 Å². The summed E-state index contributed by atoms with van der Waals surface area (Å²) in [5.41, 5.74) is 1.94. The molecule has 0 saturated heterocycles. The van der Waals surface area contributed by atoms with Crippen molar-refractivity contribution < 1.29 is 13.6 Å². The second kappa shape index (κ2) is 5.04. The van der Waals surface area contributed by atoms with Crippen LogP contribution in [-0.2, 0) is 17.6 Å². The van der Waals surface area contributed by atoms with Gasteiger partial charge in [0.05, 0.1) is 6.42 Å². The first-order valence-corrected chi connectivity index (χ1v) is 6.47. The summed E-state index contributed by atoms with van der Waals surface area (Å²) in [4.78, 5) is 13.9. The fraction of sp³-hybridized carbons (Fsp3) is 0.188. The molecule has 20 heavy (non-hydrogen) atoms. The number of hydrogen-bond acceptors (Lipinski definition) is 1. The first kappa shape index (κ1) is 12.8. The van der Waals surface area contributed by atoms with Gasteiger partial charge in [-0.3, -0.25) is 4.79 Å². The lowest BCUT2D eigenvalue weighted by molar-refractivity contribution is -0.117. The quantitative estimate of drug-likeness (QED) is 0.823. The molecule has 102 valence electrons. The molecule has 0 aromatic heterocycles. The maximum Gasteiger partial charge on any atom is 0.231 e. The standard InChI is InChI=1S/C16H13F2NO/c17-13-5-6-15-12(9-13)7-8-19(15)16(20)10-11-3-1-2-4-14(11)18/h1-6,9H,7-8,10H2. The largest absolute Gasteiger partial charge is 0.312 e. The van der Waals surface area contributed by atoms with Crippen LogP contribution >= 0.6 is 0 Å². The Hall–Kier alpha value is -2.23. The molecule has 2 nitrogen and oxygen atoms in total. The monoisotopic (exact) mass is 273 g/mol. The zero-order valence-corrected chi connectivity index (χ0v) is 10.8. The normalized spacial score (nSPS) is 13.4. The van der Waals surface area contributed by atoms with Crippen LogP contribution in [0.15, 0.2) is 42.5 Å². The second-order valence-corrected chi connectivity index (χ2v) is 4.84. The first-order chi connectivity index (χ1) is 9.65. The minimum atomic E-state index is -0.376. The Bertz CT molecular complexity index is 669. The first-order valence-electron chi connectivity index (χ1n) is 6.47. The predicted molar refractivity (Wildman–Crippen MR) is 72.6 cm³/mol.